The molecule has 0 unspecified atom stereocenters. The number of hydrogen-bond acceptors (Lipinski definition) is 2. The highest BCUT2D eigenvalue weighted by Gasteiger charge is 2.25. The SMILES string of the molecule is Cc1ccc(Br)cc1-n1nc(C(=O)O)c2c1CCCC2. The molecule has 1 aromatic carbocycles. The summed E-state index contributed by atoms with van der Waals surface area (Å²) in [6, 6.07) is 5.98. The van der Waals surface area contributed by atoms with E-state index in [9.17, 15) is 9.90 Å². The number of rotatable bonds is 2. The summed E-state index contributed by atoms with van der Waals surface area (Å²) in [6.45, 7) is 2.01. The number of hydrogen-bond donors (Lipinski definition) is 1. The highest BCUT2D eigenvalue weighted by molar-refractivity contribution is 9.10. The molecule has 0 radical (unpaired) electrons. The summed E-state index contributed by atoms with van der Waals surface area (Å²) in [5.74, 6) is -0.936. The number of carbonyl (C=O) groups is 1. The highest BCUT2D eigenvalue weighted by Crippen LogP contribution is 2.29. The lowest BCUT2D eigenvalue weighted by molar-refractivity contribution is 0.0688. The van der Waals surface area contributed by atoms with Gasteiger partial charge < -0.3 is 5.11 Å². The fourth-order valence-corrected chi connectivity index (χ4v) is 3.13. The minimum absolute atomic E-state index is 0.207. The van der Waals surface area contributed by atoms with E-state index < -0.39 is 5.97 Å². The van der Waals surface area contributed by atoms with Crippen molar-refractivity contribution in [3.63, 3.8) is 0 Å². The normalized spacial score (nSPS) is 14.1. The average molecular weight is 335 g/mol. The molecule has 20 heavy (non-hydrogen) atoms. The van der Waals surface area contributed by atoms with Gasteiger partial charge in [0.05, 0.1) is 5.69 Å². The second kappa shape index (κ2) is 5.05. The van der Waals surface area contributed by atoms with Crippen molar-refractivity contribution in [1.82, 2.24) is 9.78 Å². The van der Waals surface area contributed by atoms with Crippen molar-refractivity contribution < 1.29 is 9.90 Å². The third kappa shape index (κ3) is 2.16. The Morgan fingerprint density at radius 2 is 2.10 bits per heavy atom. The lowest BCUT2D eigenvalue weighted by Crippen LogP contribution is -2.09. The largest absolute Gasteiger partial charge is 0.476 e. The molecule has 0 atom stereocenters. The van der Waals surface area contributed by atoms with Gasteiger partial charge in [0, 0.05) is 15.7 Å². The lowest BCUT2D eigenvalue weighted by Gasteiger charge is -2.15. The molecule has 0 spiro atoms. The Kier molecular flexibility index (Phi) is 3.38. The van der Waals surface area contributed by atoms with E-state index >= 15 is 0 Å². The fraction of sp³-hybridized carbons (Fsp3) is 0.333. The Bertz CT molecular complexity index is 691. The van der Waals surface area contributed by atoms with Crippen LogP contribution in [0, 0.1) is 6.92 Å². The van der Waals surface area contributed by atoms with Gasteiger partial charge in [0.2, 0.25) is 0 Å². The number of aryl methyl sites for hydroxylation is 1. The number of carboxylic acids is 1. The van der Waals surface area contributed by atoms with Crippen molar-refractivity contribution in [3.8, 4) is 5.69 Å². The first-order valence-electron chi connectivity index (χ1n) is 6.68. The molecule has 2 aromatic rings. The van der Waals surface area contributed by atoms with E-state index in [1.165, 1.54) is 0 Å². The molecule has 0 saturated heterocycles. The van der Waals surface area contributed by atoms with Crippen LogP contribution in [0.15, 0.2) is 22.7 Å². The fourth-order valence-electron chi connectivity index (χ4n) is 2.78. The Hall–Kier alpha value is -1.62. The van der Waals surface area contributed by atoms with Gasteiger partial charge in [0.15, 0.2) is 5.69 Å². The van der Waals surface area contributed by atoms with Gasteiger partial charge in [0.1, 0.15) is 0 Å². The van der Waals surface area contributed by atoms with Gasteiger partial charge in [-0.3, -0.25) is 0 Å². The van der Waals surface area contributed by atoms with Crippen molar-refractivity contribution in [3.05, 3.63) is 45.2 Å². The molecule has 1 aromatic heterocycles. The zero-order chi connectivity index (χ0) is 14.3. The predicted molar refractivity (Wildman–Crippen MR) is 79.6 cm³/mol. The molecule has 0 bridgehead atoms. The zero-order valence-corrected chi connectivity index (χ0v) is 12.8. The van der Waals surface area contributed by atoms with Crippen LogP contribution < -0.4 is 0 Å². The molecular formula is C15H15BrN2O2. The lowest BCUT2D eigenvalue weighted by atomic mass is 9.95. The molecule has 1 aliphatic carbocycles. The van der Waals surface area contributed by atoms with Crippen LogP contribution in [0.25, 0.3) is 5.69 Å². The van der Waals surface area contributed by atoms with E-state index in [4.69, 9.17) is 0 Å². The van der Waals surface area contributed by atoms with E-state index in [0.717, 1.165) is 52.7 Å². The predicted octanol–water partition coefficient (Wildman–Crippen LogP) is 3.52. The van der Waals surface area contributed by atoms with Crippen LogP contribution >= 0.6 is 15.9 Å². The summed E-state index contributed by atoms with van der Waals surface area (Å²) in [7, 11) is 0. The summed E-state index contributed by atoms with van der Waals surface area (Å²) in [5, 5.41) is 13.7. The van der Waals surface area contributed by atoms with Crippen LogP contribution in [0.1, 0.15) is 40.2 Å². The minimum atomic E-state index is -0.936. The Morgan fingerprint density at radius 1 is 1.35 bits per heavy atom. The summed E-state index contributed by atoms with van der Waals surface area (Å²) in [5.41, 5.74) is 4.20. The first-order valence-corrected chi connectivity index (χ1v) is 7.48. The van der Waals surface area contributed by atoms with Crippen molar-refractivity contribution in [2.75, 3.05) is 0 Å². The molecular weight excluding hydrogens is 320 g/mol. The van der Waals surface area contributed by atoms with Gasteiger partial charge in [-0.25, -0.2) is 9.48 Å². The summed E-state index contributed by atoms with van der Waals surface area (Å²) < 4.78 is 2.79. The van der Waals surface area contributed by atoms with Gasteiger partial charge in [-0.15, -0.1) is 0 Å². The first-order chi connectivity index (χ1) is 9.58. The Morgan fingerprint density at radius 3 is 2.85 bits per heavy atom. The van der Waals surface area contributed by atoms with E-state index in [1.807, 2.05) is 29.8 Å². The summed E-state index contributed by atoms with van der Waals surface area (Å²) in [6.07, 6.45) is 3.83. The van der Waals surface area contributed by atoms with E-state index in [0.29, 0.717) is 0 Å². The second-order valence-electron chi connectivity index (χ2n) is 5.13. The molecule has 0 amide bonds. The zero-order valence-electron chi connectivity index (χ0n) is 11.2. The van der Waals surface area contributed by atoms with Crippen LogP contribution in [-0.2, 0) is 12.8 Å². The molecule has 1 aliphatic rings. The van der Waals surface area contributed by atoms with Crippen molar-refractivity contribution >= 4 is 21.9 Å². The molecule has 0 saturated carbocycles. The number of aromatic carboxylic acids is 1. The molecule has 0 aliphatic heterocycles. The second-order valence-corrected chi connectivity index (χ2v) is 6.04. The summed E-state index contributed by atoms with van der Waals surface area (Å²) >= 11 is 3.47. The highest BCUT2D eigenvalue weighted by atomic mass is 79.9. The molecule has 0 fully saturated rings. The van der Waals surface area contributed by atoms with Gasteiger partial charge >= 0.3 is 5.97 Å². The first kappa shape index (κ1) is 13.4. The smallest absolute Gasteiger partial charge is 0.356 e. The number of aromatic nitrogens is 2. The number of halogens is 1. The van der Waals surface area contributed by atoms with Crippen LogP contribution in [0.3, 0.4) is 0 Å². The quantitative estimate of drug-likeness (QED) is 0.914. The van der Waals surface area contributed by atoms with Crippen LogP contribution in [-0.4, -0.2) is 20.9 Å². The standard InChI is InChI=1S/C15H15BrN2O2/c1-9-6-7-10(16)8-13(9)18-12-5-3-2-4-11(12)14(17-18)15(19)20/h6-8H,2-5H2,1H3,(H,19,20). The summed E-state index contributed by atoms with van der Waals surface area (Å²) in [4.78, 5) is 11.4. The Labute approximate surface area is 125 Å². The van der Waals surface area contributed by atoms with Crippen LogP contribution in [0.4, 0.5) is 0 Å². The number of nitrogens with zero attached hydrogens (tertiary/aromatic N) is 2. The molecule has 1 N–H and O–H groups in total. The third-order valence-electron chi connectivity index (χ3n) is 3.78. The molecule has 5 heteroatoms. The third-order valence-corrected chi connectivity index (χ3v) is 4.28. The van der Waals surface area contributed by atoms with E-state index in [2.05, 4.69) is 21.0 Å². The topological polar surface area (TPSA) is 55.1 Å². The van der Waals surface area contributed by atoms with Crippen molar-refractivity contribution in [2.24, 2.45) is 0 Å². The molecule has 3 rings (SSSR count). The minimum Gasteiger partial charge on any atom is -0.476 e. The Balaban J connectivity index is 2.23. The van der Waals surface area contributed by atoms with Crippen molar-refractivity contribution in [2.45, 2.75) is 32.6 Å². The average Bonchev–Trinajstić information content (AvgIpc) is 2.81. The number of fused-ring (bicyclic) bond motifs is 1. The molecule has 4 nitrogen and oxygen atoms in total. The maximum atomic E-state index is 11.4. The van der Waals surface area contributed by atoms with Crippen molar-refractivity contribution in [1.29, 1.82) is 0 Å². The van der Waals surface area contributed by atoms with Crippen LogP contribution in [0.5, 0.6) is 0 Å². The molecule has 1 heterocycles. The van der Waals surface area contributed by atoms with Gasteiger partial charge in [-0.2, -0.15) is 5.10 Å². The maximum Gasteiger partial charge on any atom is 0.356 e. The molecule has 104 valence electrons. The van der Waals surface area contributed by atoms with Gasteiger partial charge in [-0.1, -0.05) is 22.0 Å². The van der Waals surface area contributed by atoms with Gasteiger partial charge in [0.25, 0.3) is 0 Å². The maximum absolute atomic E-state index is 11.4. The van der Waals surface area contributed by atoms with E-state index in [1.54, 1.807) is 0 Å². The van der Waals surface area contributed by atoms with Gasteiger partial charge in [-0.05, 0) is 50.3 Å². The number of carboxylic acid groups (broad SMARTS) is 1. The van der Waals surface area contributed by atoms with E-state index in [-0.39, 0.29) is 5.69 Å². The van der Waals surface area contributed by atoms with Crippen LogP contribution in [0.2, 0.25) is 0 Å². The monoisotopic (exact) mass is 334 g/mol. The number of benzene rings is 1.